The average molecular weight is 297 g/mol. The molecule has 2 rings (SSSR count). The topological polar surface area (TPSA) is 69.4 Å². The van der Waals surface area contributed by atoms with E-state index in [9.17, 15) is 0 Å². The Morgan fingerprint density at radius 2 is 2.10 bits per heavy atom. The number of hydrogen-bond acceptors (Lipinski definition) is 6. The van der Waals surface area contributed by atoms with E-state index in [0.717, 1.165) is 24.1 Å². The van der Waals surface area contributed by atoms with E-state index in [2.05, 4.69) is 15.5 Å². The first-order valence-corrected chi connectivity index (χ1v) is 7.89. The number of rotatable bonds is 10. The Morgan fingerprint density at radius 1 is 1.29 bits per heavy atom. The van der Waals surface area contributed by atoms with Crippen molar-refractivity contribution in [1.82, 2.24) is 15.5 Å². The van der Waals surface area contributed by atoms with Gasteiger partial charge < -0.3 is 19.3 Å². The van der Waals surface area contributed by atoms with Crippen LogP contribution in [0.15, 0.2) is 4.52 Å². The highest BCUT2D eigenvalue weighted by molar-refractivity contribution is 4.92. The molecule has 0 saturated heterocycles. The quantitative estimate of drug-likeness (QED) is 0.662. The van der Waals surface area contributed by atoms with Crippen molar-refractivity contribution in [2.45, 2.75) is 44.6 Å². The maximum atomic E-state index is 5.41. The van der Waals surface area contributed by atoms with Crippen molar-refractivity contribution in [3.63, 3.8) is 0 Å². The molecule has 1 fully saturated rings. The number of nitrogens with one attached hydrogen (secondary N) is 1. The monoisotopic (exact) mass is 297 g/mol. The maximum absolute atomic E-state index is 5.41. The zero-order valence-electron chi connectivity index (χ0n) is 13.1. The molecule has 0 amide bonds. The summed E-state index contributed by atoms with van der Waals surface area (Å²) in [6.07, 6.45) is 6.80. The molecule has 1 N–H and O–H groups in total. The molecule has 1 aromatic heterocycles. The highest BCUT2D eigenvalue weighted by atomic mass is 16.5. The van der Waals surface area contributed by atoms with E-state index in [0.29, 0.717) is 32.3 Å². The van der Waals surface area contributed by atoms with Crippen LogP contribution in [-0.2, 0) is 22.3 Å². The van der Waals surface area contributed by atoms with Crippen molar-refractivity contribution in [1.29, 1.82) is 0 Å². The van der Waals surface area contributed by atoms with Gasteiger partial charge in [-0.3, -0.25) is 0 Å². The third-order valence-electron chi connectivity index (χ3n) is 4.15. The molecule has 120 valence electrons. The second-order valence-electron chi connectivity index (χ2n) is 5.60. The first kappa shape index (κ1) is 16.4. The van der Waals surface area contributed by atoms with Crippen LogP contribution in [0.1, 0.15) is 37.4 Å². The van der Waals surface area contributed by atoms with E-state index in [-0.39, 0.29) is 0 Å². The zero-order chi connectivity index (χ0) is 14.9. The Balaban J connectivity index is 1.73. The standard InChI is InChI=1S/C15H27N3O3/c1-16-13(12-5-3-4-6-12)11-15-17-14(18-21-15)7-8-20-10-9-19-2/h12-13,16H,3-11H2,1-2H3. The lowest BCUT2D eigenvalue weighted by molar-refractivity contribution is 0.0714. The van der Waals surface area contributed by atoms with Gasteiger partial charge in [-0.25, -0.2) is 0 Å². The Kier molecular flexibility index (Phi) is 7.12. The van der Waals surface area contributed by atoms with E-state index in [1.54, 1.807) is 7.11 Å². The minimum absolute atomic E-state index is 0.443. The minimum Gasteiger partial charge on any atom is -0.382 e. The van der Waals surface area contributed by atoms with Crippen LogP contribution in [0.3, 0.4) is 0 Å². The Labute approximate surface area is 126 Å². The molecule has 1 atom stereocenters. The summed E-state index contributed by atoms with van der Waals surface area (Å²) in [5.74, 6) is 2.19. The molecule has 0 radical (unpaired) electrons. The molecule has 1 aliphatic carbocycles. The lowest BCUT2D eigenvalue weighted by atomic mass is 9.95. The number of nitrogens with zero attached hydrogens (tertiary/aromatic N) is 2. The van der Waals surface area contributed by atoms with Crippen LogP contribution < -0.4 is 5.32 Å². The molecule has 6 nitrogen and oxygen atoms in total. The van der Waals surface area contributed by atoms with Crippen LogP contribution in [0.4, 0.5) is 0 Å². The largest absolute Gasteiger partial charge is 0.382 e. The number of methoxy groups -OCH3 is 1. The maximum Gasteiger partial charge on any atom is 0.228 e. The van der Waals surface area contributed by atoms with Crippen LogP contribution in [0.25, 0.3) is 0 Å². The molecule has 1 heterocycles. The van der Waals surface area contributed by atoms with E-state index >= 15 is 0 Å². The lowest BCUT2D eigenvalue weighted by Crippen LogP contribution is -2.34. The van der Waals surface area contributed by atoms with Gasteiger partial charge in [0.15, 0.2) is 5.82 Å². The van der Waals surface area contributed by atoms with Gasteiger partial charge in [0.05, 0.1) is 19.8 Å². The van der Waals surface area contributed by atoms with Crippen LogP contribution in [0, 0.1) is 5.92 Å². The molecule has 0 aromatic carbocycles. The molecular formula is C15H27N3O3. The van der Waals surface area contributed by atoms with Crippen molar-refractivity contribution in [3.8, 4) is 0 Å². The molecule has 21 heavy (non-hydrogen) atoms. The Hall–Kier alpha value is -0.980. The number of likely N-dealkylation sites (N-methyl/N-ethyl adjacent to an activating group) is 1. The second kappa shape index (κ2) is 9.12. The van der Waals surface area contributed by atoms with Crippen LogP contribution in [0.2, 0.25) is 0 Å². The summed E-state index contributed by atoms with van der Waals surface area (Å²) in [7, 11) is 3.68. The first-order valence-electron chi connectivity index (χ1n) is 7.89. The Bertz CT molecular complexity index is 391. The summed E-state index contributed by atoms with van der Waals surface area (Å²) in [6, 6.07) is 0.443. The molecule has 1 aliphatic rings. The van der Waals surface area contributed by atoms with E-state index < -0.39 is 0 Å². The predicted molar refractivity (Wildman–Crippen MR) is 79.2 cm³/mol. The number of ether oxygens (including phenoxy) is 2. The van der Waals surface area contributed by atoms with Crippen LogP contribution in [0.5, 0.6) is 0 Å². The van der Waals surface area contributed by atoms with Crippen LogP contribution >= 0.6 is 0 Å². The first-order chi connectivity index (χ1) is 10.3. The highest BCUT2D eigenvalue weighted by Crippen LogP contribution is 2.28. The minimum atomic E-state index is 0.443. The number of hydrogen-bond donors (Lipinski definition) is 1. The fourth-order valence-corrected chi connectivity index (χ4v) is 2.93. The summed E-state index contributed by atoms with van der Waals surface area (Å²) in [5.41, 5.74) is 0. The van der Waals surface area contributed by atoms with Gasteiger partial charge in [-0.1, -0.05) is 18.0 Å². The van der Waals surface area contributed by atoms with Crippen molar-refractivity contribution in [2.75, 3.05) is 34.0 Å². The highest BCUT2D eigenvalue weighted by Gasteiger charge is 2.25. The van der Waals surface area contributed by atoms with Crippen molar-refractivity contribution in [3.05, 3.63) is 11.7 Å². The van der Waals surface area contributed by atoms with Crippen molar-refractivity contribution >= 4 is 0 Å². The van der Waals surface area contributed by atoms with E-state index in [1.165, 1.54) is 25.7 Å². The van der Waals surface area contributed by atoms with Gasteiger partial charge in [0, 0.05) is 26.0 Å². The summed E-state index contributed by atoms with van der Waals surface area (Å²) in [4.78, 5) is 4.46. The van der Waals surface area contributed by atoms with E-state index in [4.69, 9.17) is 14.0 Å². The molecule has 1 unspecified atom stereocenters. The molecular weight excluding hydrogens is 270 g/mol. The zero-order valence-corrected chi connectivity index (χ0v) is 13.1. The van der Waals surface area contributed by atoms with Crippen molar-refractivity contribution < 1.29 is 14.0 Å². The molecule has 1 saturated carbocycles. The summed E-state index contributed by atoms with van der Waals surface area (Å²) >= 11 is 0. The third kappa shape index (κ3) is 5.37. The smallest absolute Gasteiger partial charge is 0.228 e. The lowest BCUT2D eigenvalue weighted by Gasteiger charge is -2.20. The predicted octanol–water partition coefficient (Wildman–Crippen LogP) is 1.60. The fourth-order valence-electron chi connectivity index (χ4n) is 2.93. The van der Waals surface area contributed by atoms with Gasteiger partial charge in [-0.05, 0) is 25.8 Å². The SMILES string of the molecule is CNC(Cc1nc(CCOCCOC)no1)C1CCCC1. The normalized spacial score (nSPS) is 17.4. The van der Waals surface area contributed by atoms with Gasteiger partial charge in [-0.15, -0.1) is 0 Å². The van der Waals surface area contributed by atoms with Gasteiger partial charge in [0.2, 0.25) is 5.89 Å². The van der Waals surface area contributed by atoms with E-state index in [1.807, 2.05) is 7.05 Å². The van der Waals surface area contributed by atoms with Gasteiger partial charge in [-0.2, -0.15) is 4.98 Å². The second-order valence-corrected chi connectivity index (χ2v) is 5.60. The Morgan fingerprint density at radius 3 is 2.81 bits per heavy atom. The van der Waals surface area contributed by atoms with Crippen molar-refractivity contribution in [2.24, 2.45) is 5.92 Å². The van der Waals surface area contributed by atoms with Gasteiger partial charge in [0.25, 0.3) is 0 Å². The summed E-state index contributed by atoms with van der Waals surface area (Å²) in [5, 5.41) is 7.42. The molecule has 0 bridgehead atoms. The average Bonchev–Trinajstić information content (AvgIpc) is 3.16. The molecule has 0 spiro atoms. The number of aromatic nitrogens is 2. The third-order valence-corrected chi connectivity index (χ3v) is 4.15. The van der Waals surface area contributed by atoms with Gasteiger partial charge in [0.1, 0.15) is 0 Å². The molecule has 6 heteroatoms. The fraction of sp³-hybridized carbons (Fsp3) is 0.867. The van der Waals surface area contributed by atoms with Crippen LogP contribution in [-0.4, -0.2) is 50.2 Å². The van der Waals surface area contributed by atoms with Gasteiger partial charge >= 0.3 is 0 Å². The molecule has 1 aromatic rings. The summed E-state index contributed by atoms with van der Waals surface area (Å²) in [6.45, 7) is 1.81. The molecule has 0 aliphatic heterocycles. The summed E-state index contributed by atoms with van der Waals surface area (Å²) < 4.78 is 15.7.